The lowest BCUT2D eigenvalue weighted by molar-refractivity contribution is 0.0195. The van der Waals surface area contributed by atoms with Gasteiger partial charge >= 0.3 is 0 Å². The number of rotatable bonds is 8. The normalized spacial score (nSPS) is 28.3. The van der Waals surface area contributed by atoms with Gasteiger partial charge in [0.25, 0.3) is 0 Å². The molecule has 19 heavy (non-hydrogen) atoms. The minimum atomic E-state index is 0.184. The van der Waals surface area contributed by atoms with Crippen molar-refractivity contribution in [3.63, 3.8) is 0 Å². The van der Waals surface area contributed by atoms with Crippen molar-refractivity contribution in [2.45, 2.75) is 78.7 Å². The minimum Gasteiger partial charge on any atom is -0.396 e. The van der Waals surface area contributed by atoms with Crippen LogP contribution in [0, 0.1) is 11.3 Å². The largest absolute Gasteiger partial charge is 0.396 e. The summed E-state index contributed by atoms with van der Waals surface area (Å²) in [5.74, 6) is 0.854. The molecule has 0 amide bonds. The number of aliphatic hydroxyl groups is 1. The van der Waals surface area contributed by atoms with E-state index in [4.69, 9.17) is 0 Å². The highest BCUT2D eigenvalue weighted by Gasteiger charge is 2.35. The van der Waals surface area contributed by atoms with Crippen LogP contribution in [0.25, 0.3) is 0 Å². The average Bonchev–Trinajstić information content (AvgIpc) is 2.40. The van der Waals surface area contributed by atoms with Gasteiger partial charge < -0.3 is 10.0 Å². The smallest absolute Gasteiger partial charge is 0.0499 e. The Bertz CT molecular complexity index is 231. The molecule has 0 radical (unpaired) electrons. The first-order chi connectivity index (χ1) is 9.03. The maximum atomic E-state index is 9.90. The standard InChI is InChI=1S/C17H35NO/c1-5-6-7-12-18(15(2)3)13-17(14-19)10-8-16(4)9-11-17/h15-16,19H,5-14H2,1-4H3. The maximum Gasteiger partial charge on any atom is 0.0499 e. The van der Waals surface area contributed by atoms with Gasteiger partial charge in [-0.25, -0.2) is 0 Å². The molecule has 0 aromatic carbocycles. The van der Waals surface area contributed by atoms with E-state index in [1.54, 1.807) is 0 Å². The Morgan fingerprint density at radius 3 is 2.32 bits per heavy atom. The van der Waals surface area contributed by atoms with Crippen molar-refractivity contribution in [3.05, 3.63) is 0 Å². The molecule has 0 bridgehead atoms. The first kappa shape index (κ1) is 17.0. The summed E-state index contributed by atoms with van der Waals surface area (Å²) in [5, 5.41) is 9.90. The fourth-order valence-electron chi connectivity index (χ4n) is 3.26. The van der Waals surface area contributed by atoms with Gasteiger partial charge in [0.2, 0.25) is 0 Å². The van der Waals surface area contributed by atoms with Crippen LogP contribution in [0.1, 0.15) is 72.6 Å². The molecule has 2 nitrogen and oxygen atoms in total. The molecule has 1 saturated carbocycles. The van der Waals surface area contributed by atoms with Gasteiger partial charge in [-0.2, -0.15) is 0 Å². The molecule has 0 spiro atoms. The van der Waals surface area contributed by atoms with Crippen LogP contribution in [0.15, 0.2) is 0 Å². The third-order valence-electron chi connectivity index (χ3n) is 4.99. The Morgan fingerprint density at radius 1 is 1.21 bits per heavy atom. The summed E-state index contributed by atoms with van der Waals surface area (Å²) >= 11 is 0. The third kappa shape index (κ3) is 5.43. The highest BCUT2D eigenvalue weighted by atomic mass is 16.3. The molecule has 1 aliphatic rings. The van der Waals surface area contributed by atoms with Crippen LogP contribution in [0.5, 0.6) is 0 Å². The lowest BCUT2D eigenvalue weighted by Crippen LogP contribution is -2.45. The fraction of sp³-hybridized carbons (Fsp3) is 1.00. The van der Waals surface area contributed by atoms with E-state index < -0.39 is 0 Å². The van der Waals surface area contributed by atoms with Gasteiger partial charge in [-0.15, -0.1) is 0 Å². The third-order valence-corrected chi connectivity index (χ3v) is 4.99. The lowest BCUT2D eigenvalue weighted by atomic mass is 9.71. The molecular formula is C17H35NO. The van der Waals surface area contributed by atoms with E-state index in [1.807, 2.05) is 0 Å². The molecule has 0 aromatic rings. The second kappa shape index (κ2) is 8.26. The first-order valence-corrected chi connectivity index (χ1v) is 8.38. The zero-order chi connectivity index (χ0) is 14.3. The average molecular weight is 269 g/mol. The van der Waals surface area contributed by atoms with Gasteiger partial charge in [0, 0.05) is 24.6 Å². The van der Waals surface area contributed by atoms with Crippen molar-refractivity contribution < 1.29 is 5.11 Å². The molecule has 2 heteroatoms. The maximum absolute atomic E-state index is 9.90. The van der Waals surface area contributed by atoms with Crippen molar-refractivity contribution in [1.29, 1.82) is 0 Å². The molecule has 0 atom stereocenters. The van der Waals surface area contributed by atoms with Crippen LogP contribution in [0.4, 0.5) is 0 Å². The second-order valence-electron chi connectivity index (χ2n) is 7.11. The minimum absolute atomic E-state index is 0.184. The first-order valence-electron chi connectivity index (χ1n) is 8.38. The molecule has 0 unspecified atom stereocenters. The van der Waals surface area contributed by atoms with Crippen LogP contribution >= 0.6 is 0 Å². The zero-order valence-corrected chi connectivity index (χ0v) is 13.6. The van der Waals surface area contributed by atoms with Gasteiger partial charge in [0.05, 0.1) is 0 Å². The Balaban J connectivity index is 2.54. The highest BCUT2D eigenvalue weighted by Crippen LogP contribution is 2.39. The summed E-state index contributed by atoms with van der Waals surface area (Å²) in [6, 6.07) is 0.597. The molecule has 0 heterocycles. The van der Waals surface area contributed by atoms with Crippen LogP contribution in [0.3, 0.4) is 0 Å². The monoisotopic (exact) mass is 269 g/mol. The zero-order valence-electron chi connectivity index (χ0n) is 13.6. The van der Waals surface area contributed by atoms with Crippen molar-refractivity contribution in [3.8, 4) is 0 Å². The number of unbranched alkanes of at least 4 members (excludes halogenated alkanes) is 2. The predicted molar refractivity (Wildman–Crippen MR) is 83.4 cm³/mol. The van der Waals surface area contributed by atoms with Crippen molar-refractivity contribution in [2.24, 2.45) is 11.3 Å². The van der Waals surface area contributed by atoms with Crippen LogP contribution in [-0.4, -0.2) is 35.7 Å². The molecule has 1 aliphatic carbocycles. The van der Waals surface area contributed by atoms with E-state index in [9.17, 15) is 5.11 Å². The molecule has 1 N–H and O–H groups in total. The molecule has 0 aromatic heterocycles. The Labute approximate surface area is 120 Å². The summed E-state index contributed by atoms with van der Waals surface area (Å²) in [5.41, 5.74) is 0.184. The van der Waals surface area contributed by atoms with Gasteiger partial charge in [-0.1, -0.05) is 39.5 Å². The quantitative estimate of drug-likeness (QED) is 0.671. The van der Waals surface area contributed by atoms with E-state index in [-0.39, 0.29) is 5.41 Å². The predicted octanol–water partition coefficient (Wildman–Crippen LogP) is 4.08. The summed E-state index contributed by atoms with van der Waals surface area (Å²) in [6.07, 6.45) is 8.92. The van der Waals surface area contributed by atoms with E-state index >= 15 is 0 Å². The van der Waals surface area contributed by atoms with Gasteiger partial charge in [0.15, 0.2) is 0 Å². The van der Waals surface area contributed by atoms with Crippen LogP contribution in [0.2, 0.25) is 0 Å². The van der Waals surface area contributed by atoms with Gasteiger partial charge in [-0.05, 0) is 45.6 Å². The van der Waals surface area contributed by atoms with Crippen molar-refractivity contribution in [1.82, 2.24) is 4.90 Å². The van der Waals surface area contributed by atoms with Crippen molar-refractivity contribution in [2.75, 3.05) is 19.7 Å². The Morgan fingerprint density at radius 2 is 1.84 bits per heavy atom. The molecule has 1 fully saturated rings. The Kier molecular flexibility index (Phi) is 7.38. The van der Waals surface area contributed by atoms with E-state index in [0.717, 1.165) is 12.5 Å². The molecular weight excluding hydrogens is 234 g/mol. The number of aliphatic hydroxyl groups excluding tert-OH is 1. The van der Waals surface area contributed by atoms with E-state index in [2.05, 4.69) is 32.6 Å². The SMILES string of the molecule is CCCCCN(CC1(CO)CCC(C)CC1)C(C)C. The number of nitrogens with zero attached hydrogens (tertiary/aromatic N) is 1. The molecule has 1 rings (SSSR count). The number of hydrogen-bond acceptors (Lipinski definition) is 2. The van der Waals surface area contributed by atoms with Gasteiger partial charge in [-0.3, -0.25) is 0 Å². The summed E-state index contributed by atoms with van der Waals surface area (Å²) < 4.78 is 0. The molecule has 114 valence electrons. The fourth-order valence-corrected chi connectivity index (χ4v) is 3.26. The Hall–Kier alpha value is -0.0800. The second-order valence-corrected chi connectivity index (χ2v) is 7.11. The van der Waals surface area contributed by atoms with E-state index in [1.165, 1.54) is 51.5 Å². The number of hydrogen-bond donors (Lipinski definition) is 1. The topological polar surface area (TPSA) is 23.5 Å². The summed E-state index contributed by atoms with van der Waals surface area (Å²) in [7, 11) is 0. The van der Waals surface area contributed by atoms with Crippen LogP contribution < -0.4 is 0 Å². The summed E-state index contributed by atoms with van der Waals surface area (Å²) in [4.78, 5) is 2.60. The van der Waals surface area contributed by atoms with E-state index in [0.29, 0.717) is 12.6 Å². The lowest BCUT2D eigenvalue weighted by Gasteiger charge is -2.43. The van der Waals surface area contributed by atoms with Gasteiger partial charge in [0.1, 0.15) is 0 Å². The van der Waals surface area contributed by atoms with Crippen LogP contribution in [-0.2, 0) is 0 Å². The summed E-state index contributed by atoms with van der Waals surface area (Å²) in [6.45, 7) is 11.9. The molecule has 0 saturated heterocycles. The molecule has 0 aliphatic heterocycles. The highest BCUT2D eigenvalue weighted by molar-refractivity contribution is 4.87. The van der Waals surface area contributed by atoms with Crippen molar-refractivity contribution >= 4 is 0 Å².